The summed E-state index contributed by atoms with van der Waals surface area (Å²) in [5.41, 5.74) is 3.78. The summed E-state index contributed by atoms with van der Waals surface area (Å²) in [7, 11) is -4.07. The number of fused-ring (bicyclic) bond motifs is 5. The van der Waals surface area contributed by atoms with Crippen molar-refractivity contribution in [3.8, 4) is 5.75 Å². The molecule has 0 spiro atoms. The Kier molecular flexibility index (Phi) is 6.19. The van der Waals surface area contributed by atoms with Gasteiger partial charge in [0.15, 0.2) is 0 Å². The summed E-state index contributed by atoms with van der Waals surface area (Å²) < 4.78 is 38.1. The van der Waals surface area contributed by atoms with Crippen LogP contribution in [0.3, 0.4) is 0 Å². The molecule has 2 saturated carbocycles. The first kappa shape index (κ1) is 23.4. The Hall–Kier alpha value is -2.38. The highest BCUT2D eigenvalue weighted by Gasteiger charge is 2.56. The Morgan fingerprint density at radius 2 is 1.88 bits per heavy atom. The maximum Gasteiger partial charge on any atom is 0.362 e. The standard InChI is InChI=1S/C27H33NO5S/c1-18(29)28-34(30,31)33-26-13-12-25-24-10-8-20-16-21(32-17-19-6-4-3-5-7-19)9-11-22(20)23(24)14-15-27(25,26)2/h3-7,9,11,16,23-26H,8,10,12-15,17H2,1-2H3,(H,28,29)/t23-,24-,25+,26+,27+/m1/s1. The van der Waals surface area contributed by atoms with E-state index in [0.29, 0.717) is 30.8 Å². The predicted octanol–water partition coefficient (Wildman–Crippen LogP) is 4.89. The molecule has 0 bridgehead atoms. The molecule has 2 aromatic rings. The molecule has 0 unspecified atom stereocenters. The van der Waals surface area contributed by atoms with E-state index in [1.54, 1.807) is 0 Å². The summed E-state index contributed by atoms with van der Waals surface area (Å²) in [5.74, 6) is 1.74. The molecule has 6 nitrogen and oxygen atoms in total. The zero-order chi connectivity index (χ0) is 23.9. The lowest BCUT2D eigenvalue weighted by Crippen LogP contribution is -2.46. The minimum atomic E-state index is -4.07. The number of nitrogens with one attached hydrogen (secondary N) is 1. The molecule has 1 amide bonds. The van der Waals surface area contributed by atoms with E-state index in [9.17, 15) is 13.2 Å². The number of amides is 1. The van der Waals surface area contributed by atoms with Crippen molar-refractivity contribution in [3.63, 3.8) is 0 Å². The maximum atomic E-state index is 12.3. The monoisotopic (exact) mass is 483 g/mol. The lowest BCUT2D eigenvalue weighted by molar-refractivity contribution is -0.117. The van der Waals surface area contributed by atoms with Gasteiger partial charge in [0.2, 0.25) is 5.91 Å². The van der Waals surface area contributed by atoms with Crippen molar-refractivity contribution < 1.29 is 22.1 Å². The highest BCUT2D eigenvalue weighted by molar-refractivity contribution is 7.85. The first-order valence-corrected chi connectivity index (χ1v) is 13.7. The molecule has 0 heterocycles. The lowest BCUT2D eigenvalue weighted by atomic mass is 9.55. The first-order chi connectivity index (χ1) is 16.2. The Bertz CT molecular complexity index is 1160. The summed E-state index contributed by atoms with van der Waals surface area (Å²) >= 11 is 0. The van der Waals surface area contributed by atoms with Gasteiger partial charge in [0.1, 0.15) is 12.4 Å². The van der Waals surface area contributed by atoms with Gasteiger partial charge in [-0.3, -0.25) is 4.79 Å². The molecule has 0 saturated heterocycles. The fourth-order valence-electron chi connectivity index (χ4n) is 6.85. The maximum absolute atomic E-state index is 12.3. The number of benzene rings is 2. The molecule has 2 fully saturated rings. The Morgan fingerprint density at radius 1 is 1.09 bits per heavy atom. The summed E-state index contributed by atoms with van der Waals surface area (Å²) in [6, 6.07) is 16.8. The van der Waals surface area contributed by atoms with Gasteiger partial charge in [0.25, 0.3) is 0 Å². The van der Waals surface area contributed by atoms with E-state index in [0.717, 1.165) is 43.4 Å². The van der Waals surface area contributed by atoms with Crippen LogP contribution in [-0.2, 0) is 32.3 Å². The molecule has 3 aliphatic rings. The van der Waals surface area contributed by atoms with Gasteiger partial charge in [0.05, 0.1) is 6.10 Å². The van der Waals surface area contributed by atoms with Crippen molar-refractivity contribution in [1.82, 2.24) is 4.72 Å². The van der Waals surface area contributed by atoms with Gasteiger partial charge < -0.3 is 4.74 Å². The van der Waals surface area contributed by atoms with Crippen molar-refractivity contribution in [3.05, 3.63) is 65.2 Å². The molecule has 1 N–H and O–H groups in total. The van der Waals surface area contributed by atoms with Crippen molar-refractivity contribution in [2.45, 2.75) is 71.0 Å². The minimum absolute atomic E-state index is 0.192. The number of carbonyl (C=O) groups is 1. The smallest absolute Gasteiger partial charge is 0.362 e. The summed E-state index contributed by atoms with van der Waals surface area (Å²) in [4.78, 5) is 11.3. The van der Waals surface area contributed by atoms with Crippen LogP contribution in [0.4, 0.5) is 0 Å². The van der Waals surface area contributed by atoms with Crippen LogP contribution >= 0.6 is 0 Å². The van der Waals surface area contributed by atoms with Gasteiger partial charge in [0, 0.05) is 6.92 Å². The van der Waals surface area contributed by atoms with Crippen LogP contribution in [0.1, 0.15) is 68.6 Å². The SMILES string of the molecule is CC(=O)NS(=O)(=O)O[C@H]1CC[C@H]2[C@@H]3CCc4cc(OCc5ccccc5)ccc4[C@H]3CC[C@]12C. The first-order valence-electron chi connectivity index (χ1n) is 12.3. The second kappa shape index (κ2) is 9.00. The average molecular weight is 484 g/mol. The third-order valence-corrected chi connectivity index (χ3v) is 9.39. The summed E-state index contributed by atoms with van der Waals surface area (Å²) in [6.45, 7) is 3.93. The highest BCUT2D eigenvalue weighted by atomic mass is 32.2. The molecule has 0 radical (unpaired) electrons. The van der Waals surface area contributed by atoms with Crippen LogP contribution in [0.25, 0.3) is 0 Å². The van der Waals surface area contributed by atoms with E-state index in [4.69, 9.17) is 8.92 Å². The molecule has 3 aliphatic carbocycles. The van der Waals surface area contributed by atoms with Gasteiger partial charge >= 0.3 is 10.3 Å². The molecule has 0 aliphatic heterocycles. The van der Waals surface area contributed by atoms with Gasteiger partial charge in [-0.2, -0.15) is 8.42 Å². The summed E-state index contributed by atoms with van der Waals surface area (Å²) in [6.07, 6.45) is 5.35. The topological polar surface area (TPSA) is 81.7 Å². The molecule has 34 heavy (non-hydrogen) atoms. The zero-order valence-electron chi connectivity index (χ0n) is 19.8. The zero-order valence-corrected chi connectivity index (χ0v) is 20.6. The molecule has 182 valence electrons. The number of rotatable bonds is 6. The third kappa shape index (κ3) is 4.48. The van der Waals surface area contributed by atoms with Crippen molar-refractivity contribution in [2.24, 2.45) is 17.3 Å². The molecule has 0 aromatic heterocycles. The molecule has 5 rings (SSSR count). The predicted molar refractivity (Wildman–Crippen MR) is 129 cm³/mol. The second-order valence-corrected chi connectivity index (χ2v) is 11.7. The van der Waals surface area contributed by atoms with E-state index < -0.39 is 16.2 Å². The van der Waals surface area contributed by atoms with Crippen molar-refractivity contribution >= 4 is 16.2 Å². The van der Waals surface area contributed by atoms with Gasteiger partial charge in [-0.05, 0) is 90.5 Å². The van der Waals surface area contributed by atoms with E-state index in [2.05, 4.69) is 37.3 Å². The largest absolute Gasteiger partial charge is 0.489 e. The third-order valence-electron chi connectivity index (χ3n) is 8.37. The van der Waals surface area contributed by atoms with Crippen LogP contribution in [0, 0.1) is 17.3 Å². The van der Waals surface area contributed by atoms with Crippen LogP contribution < -0.4 is 9.46 Å². The Morgan fingerprint density at radius 3 is 2.65 bits per heavy atom. The van der Waals surface area contributed by atoms with Gasteiger partial charge in [-0.1, -0.05) is 43.3 Å². The normalized spacial score (nSPS) is 30.1. The van der Waals surface area contributed by atoms with Crippen LogP contribution in [-0.4, -0.2) is 20.4 Å². The van der Waals surface area contributed by atoms with Crippen LogP contribution in [0.5, 0.6) is 5.75 Å². The molecular weight excluding hydrogens is 450 g/mol. The number of hydrogen-bond acceptors (Lipinski definition) is 5. The number of hydrogen-bond donors (Lipinski definition) is 1. The van der Waals surface area contributed by atoms with E-state index in [1.165, 1.54) is 18.1 Å². The fraction of sp³-hybridized carbons (Fsp3) is 0.519. The van der Waals surface area contributed by atoms with E-state index in [-0.39, 0.29) is 11.5 Å². The Balaban J connectivity index is 1.29. The molecule has 2 aromatic carbocycles. The quantitative estimate of drug-likeness (QED) is 0.633. The molecule has 7 heteroatoms. The second-order valence-electron chi connectivity index (χ2n) is 10.4. The summed E-state index contributed by atoms with van der Waals surface area (Å²) in [5, 5.41) is 0. The van der Waals surface area contributed by atoms with Crippen molar-refractivity contribution in [1.29, 1.82) is 0 Å². The number of ether oxygens (including phenoxy) is 1. The molecule has 5 atom stereocenters. The highest BCUT2D eigenvalue weighted by Crippen LogP contribution is 2.61. The van der Waals surface area contributed by atoms with Gasteiger partial charge in [-0.15, -0.1) is 0 Å². The average Bonchev–Trinajstić information content (AvgIpc) is 3.12. The van der Waals surface area contributed by atoms with Crippen LogP contribution in [0.15, 0.2) is 48.5 Å². The number of carbonyl (C=O) groups excluding carboxylic acids is 1. The number of aryl methyl sites for hydroxylation is 1. The van der Waals surface area contributed by atoms with Crippen molar-refractivity contribution in [2.75, 3.05) is 0 Å². The van der Waals surface area contributed by atoms with Crippen LogP contribution in [0.2, 0.25) is 0 Å². The molecular formula is C27H33NO5S. The fourth-order valence-corrected chi connectivity index (χ4v) is 7.87. The Labute approximate surface area is 202 Å². The lowest BCUT2D eigenvalue weighted by Gasteiger charge is -2.50. The van der Waals surface area contributed by atoms with Gasteiger partial charge in [-0.25, -0.2) is 8.91 Å². The van der Waals surface area contributed by atoms with E-state index >= 15 is 0 Å². The van der Waals surface area contributed by atoms with E-state index in [1.807, 2.05) is 22.9 Å². The minimum Gasteiger partial charge on any atom is -0.489 e.